The Labute approximate surface area is 186 Å². The standard InChI is InChI=1S/C14H16N2O2.2C2H4O2.2ClH.Pt/c1-3-17-11-5-7-15-13(9-11)14-10-12(18-4-2)6-8-16-14;2*1-2(3)4;;;/h5-10H,3-4H2,1-2H3;2*1H3,(H,3,4);2*1H;/q;;;;;+2/p-2. The van der Waals surface area contributed by atoms with Crippen molar-refractivity contribution in [3.05, 3.63) is 36.7 Å². The van der Waals surface area contributed by atoms with E-state index in [1.165, 1.54) is 0 Å². The third kappa shape index (κ3) is 19.2. The summed E-state index contributed by atoms with van der Waals surface area (Å²) in [5, 5.41) is 14.8. The van der Waals surface area contributed by atoms with E-state index in [-0.39, 0.29) is 0 Å². The summed E-state index contributed by atoms with van der Waals surface area (Å²) in [6.45, 7) is 7.34. The summed E-state index contributed by atoms with van der Waals surface area (Å²) in [4.78, 5) is 26.6. The van der Waals surface area contributed by atoms with Gasteiger partial charge in [0.2, 0.25) is 0 Å². The molecular weight excluding hydrogens is 606 g/mol. The molecule has 0 aliphatic rings. The van der Waals surface area contributed by atoms with E-state index in [0.717, 1.165) is 36.7 Å². The molecule has 2 aromatic rings. The van der Waals surface area contributed by atoms with Gasteiger partial charge in [0.05, 0.1) is 24.6 Å². The van der Waals surface area contributed by atoms with Crippen LogP contribution in [0, 0.1) is 0 Å². The first kappa shape index (κ1) is 29.3. The van der Waals surface area contributed by atoms with Gasteiger partial charge in [-0.2, -0.15) is 0 Å². The number of carbonyl (C=O) groups is 2. The second-order valence-electron chi connectivity index (χ2n) is 4.70. The number of ether oxygens (including phenoxy) is 2. The molecule has 0 saturated carbocycles. The maximum atomic E-state index is 9.00. The van der Waals surface area contributed by atoms with Gasteiger partial charge in [-0.15, -0.1) is 0 Å². The van der Waals surface area contributed by atoms with E-state index in [9.17, 15) is 0 Å². The van der Waals surface area contributed by atoms with Crippen molar-refractivity contribution < 1.29 is 45.8 Å². The number of hydrogen-bond acceptors (Lipinski definition) is 6. The van der Waals surface area contributed by atoms with E-state index >= 15 is 0 Å². The first-order valence-electron chi connectivity index (χ1n) is 8.11. The number of hydrogen-bond donors (Lipinski definition) is 2. The van der Waals surface area contributed by atoms with E-state index in [4.69, 9.17) is 48.1 Å². The zero-order chi connectivity index (χ0) is 22.7. The first-order chi connectivity index (χ1) is 13.7. The molecule has 29 heavy (non-hydrogen) atoms. The predicted molar refractivity (Wildman–Crippen MR) is 108 cm³/mol. The molecule has 0 aliphatic carbocycles. The van der Waals surface area contributed by atoms with Crippen LogP contribution >= 0.6 is 18.8 Å². The average molecular weight is 630 g/mol. The van der Waals surface area contributed by atoms with Crippen molar-refractivity contribution in [3.8, 4) is 22.9 Å². The summed E-state index contributed by atoms with van der Waals surface area (Å²) in [6.07, 6.45) is 3.44. The Kier molecular flexibility index (Phi) is 19.6. The number of rotatable bonds is 5. The molecule has 0 unspecified atom stereocenters. The summed E-state index contributed by atoms with van der Waals surface area (Å²) in [5.74, 6) is -0.0720. The fourth-order valence-corrected chi connectivity index (χ4v) is 1.62. The molecule has 0 amide bonds. The van der Waals surface area contributed by atoms with Gasteiger partial charge in [-0.1, -0.05) is 0 Å². The number of pyridine rings is 2. The van der Waals surface area contributed by atoms with Gasteiger partial charge in [0.1, 0.15) is 11.5 Å². The van der Waals surface area contributed by atoms with Crippen LogP contribution in [0.25, 0.3) is 11.4 Å². The number of carboxylic acids is 2. The Hall–Kier alpha value is -1.89. The van der Waals surface area contributed by atoms with Gasteiger partial charge in [-0.25, -0.2) is 0 Å². The topological polar surface area (TPSA) is 119 Å². The van der Waals surface area contributed by atoms with Gasteiger partial charge in [-0.3, -0.25) is 19.6 Å². The van der Waals surface area contributed by atoms with Gasteiger partial charge in [0.15, 0.2) is 0 Å². The molecular formula is C18H24Cl2N2O6Pt. The fourth-order valence-electron chi connectivity index (χ4n) is 1.62. The number of aromatic nitrogens is 2. The second kappa shape index (κ2) is 19.4. The molecule has 0 spiro atoms. The summed E-state index contributed by atoms with van der Waals surface area (Å²) in [7, 11) is 9.75. The van der Waals surface area contributed by atoms with Crippen molar-refractivity contribution in [1.29, 1.82) is 0 Å². The molecule has 0 radical (unpaired) electrons. The van der Waals surface area contributed by atoms with E-state index in [0.29, 0.717) is 13.2 Å². The van der Waals surface area contributed by atoms with Crippen molar-refractivity contribution in [1.82, 2.24) is 9.97 Å². The van der Waals surface area contributed by atoms with Crippen LogP contribution in [0.4, 0.5) is 0 Å². The SMILES string of the molecule is CC(=O)O.CC(=O)O.CCOc1ccnc(-c2cc(OCC)ccn2)c1.[Cl][Pt][Cl]. The molecule has 0 saturated heterocycles. The number of halogens is 2. The predicted octanol–water partition coefficient (Wildman–Crippen LogP) is 4.50. The van der Waals surface area contributed by atoms with Crippen LogP contribution in [0.15, 0.2) is 36.7 Å². The molecule has 8 nitrogen and oxygen atoms in total. The first-order valence-corrected chi connectivity index (χ1v) is 13.7. The summed E-state index contributed by atoms with van der Waals surface area (Å²) in [5.41, 5.74) is 1.56. The van der Waals surface area contributed by atoms with E-state index in [2.05, 4.69) is 9.97 Å². The summed E-state index contributed by atoms with van der Waals surface area (Å²) in [6, 6.07) is 7.42. The molecule has 0 atom stereocenters. The molecule has 2 N–H and O–H groups in total. The molecule has 2 rings (SSSR count). The minimum absolute atomic E-state index is 0.472. The molecule has 166 valence electrons. The van der Waals surface area contributed by atoms with Crippen LogP contribution < -0.4 is 9.47 Å². The molecule has 0 aromatic carbocycles. The summed E-state index contributed by atoms with van der Waals surface area (Å²) < 4.78 is 10.9. The zero-order valence-corrected chi connectivity index (χ0v) is 20.2. The van der Waals surface area contributed by atoms with E-state index < -0.39 is 28.4 Å². The van der Waals surface area contributed by atoms with Crippen molar-refractivity contribution in [2.45, 2.75) is 27.7 Å². The monoisotopic (exact) mass is 629 g/mol. The van der Waals surface area contributed by atoms with Gasteiger partial charge in [0, 0.05) is 38.4 Å². The quantitative estimate of drug-likeness (QED) is 0.496. The molecule has 11 heteroatoms. The summed E-state index contributed by atoms with van der Waals surface area (Å²) >= 11 is -0.472. The third-order valence-electron chi connectivity index (χ3n) is 2.35. The van der Waals surface area contributed by atoms with Crippen LogP contribution in [-0.2, 0) is 26.1 Å². The fraction of sp³-hybridized carbons (Fsp3) is 0.333. The van der Waals surface area contributed by atoms with Crippen molar-refractivity contribution in [3.63, 3.8) is 0 Å². The van der Waals surface area contributed by atoms with Crippen molar-refractivity contribution >= 4 is 30.8 Å². The Morgan fingerprint density at radius 2 is 1.17 bits per heavy atom. The van der Waals surface area contributed by atoms with Crippen LogP contribution in [0.2, 0.25) is 0 Å². The Morgan fingerprint density at radius 1 is 0.897 bits per heavy atom. The van der Waals surface area contributed by atoms with Crippen LogP contribution in [0.5, 0.6) is 11.5 Å². The van der Waals surface area contributed by atoms with Gasteiger partial charge < -0.3 is 19.7 Å². The Morgan fingerprint density at radius 3 is 1.41 bits per heavy atom. The second-order valence-corrected chi connectivity index (χ2v) is 7.99. The normalized spacial score (nSPS) is 8.76. The molecule has 2 aromatic heterocycles. The zero-order valence-electron chi connectivity index (χ0n) is 16.4. The maximum absolute atomic E-state index is 9.00. The van der Waals surface area contributed by atoms with Gasteiger partial charge in [-0.05, 0) is 26.0 Å². The van der Waals surface area contributed by atoms with Gasteiger partial charge in [0.25, 0.3) is 11.9 Å². The molecule has 2 heterocycles. The average Bonchev–Trinajstić information content (AvgIpc) is 2.63. The van der Waals surface area contributed by atoms with E-state index in [1.54, 1.807) is 12.4 Å². The minimum atomic E-state index is -0.833. The molecule has 0 bridgehead atoms. The Balaban J connectivity index is 0. The third-order valence-corrected chi connectivity index (χ3v) is 2.35. The van der Waals surface area contributed by atoms with Crippen LogP contribution in [0.3, 0.4) is 0 Å². The number of carboxylic acid groups (broad SMARTS) is 2. The molecule has 0 fully saturated rings. The number of nitrogens with zero attached hydrogens (tertiary/aromatic N) is 2. The van der Waals surface area contributed by atoms with E-state index in [1.807, 2.05) is 38.1 Å². The van der Waals surface area contributed by atoms with Gasteiger partial charge >= 0.3 is 35.3 Å². The number of aliphatic carboxylic acids is 2. The Bertz CT molecular complexity index is 655. The van der Waals surface area contributed by atoms with Crippen molar-refractivity contribution in [2.24, 2.45) is 0 Å². The van der Waals surface area contributed by atoms with Crippen LogP contribution in [0.1, 0.15) is 27.7 Å². The molecule has 0 aliphatic heterocycles. The van der Waals surface area contributed by atoms with Crippen molar-refractivity contribution in [2.75, 3.05) is 13.2 Å². The van der Waals surface area contributed by atoms with Crippen LogP contribution in [-0.4, -0.2) is 45.3 Å².